The van der Waals surface area contributed by atoms with Gasteiger partial charge in [-0.15, -0.1) is 0 Å². The molecular weight excluding hydrogens is 509 g/mol. The van der Waals surface area contributed by atoms with Gasteiger partial charge in [0, 0.05) is 9.83 Å². The molecule has 2 amide bonds. The standard InChI is InChI=1S/C20H20INO6S/c1-4-28-18-9-12(5-8-17(18)27-2)16(11-29(3,25)26)22-19(23)14-7-6-13(21)10-15(14)20(22)24/h5-10,16H,4,11H2,1-3H3. The molecule has 0 bridgehead atoms. The van der Waals surface area contributed by atoms with E-state index in [2.05, 4.69) is 22.6 Å². The van der Waals surface area contributed by atoms with Gasteiger partial charge in [-0.3, -0.25) is 14.5 Å². The molecule has 154 valence electrons. The summed E-state index contributed by atoms with van der Waals surface area (Å²) in [7, 11) is -2.01. The Labute approximate surface area is 183 Å². The molecule has 0 fully saturated rings. The van der Waals surface area contributed by atoms with Crippen molar-refractivity contribution in [2.24, 2.45) is 0 Å². The van der Waals surface area contributed by atoms with E-state index in [0.29, 0.717) is 23.7 Å². The molecule has 1 aliphatic rings. The van der Waals surface area contributed by atoms with E-state index in [1.54, 1.807) is 36.4 Å². The van der Waals surface area contributed by atoms with E-state index in [1.807, 2.05) is 6.92 Å². The predicted molar refractivity (Wildman–Crippen MR) is 116 cm³/mol. The van der Waals surface area contributed by atoms with Gasteiger partial charge < -0.3 is 9.47 Å². The van der Waals surface area contributed by atoms with Crippen LogP contribution < -0.4 is 9.47 Å². The van der Waals surface area contributed by atoms with Crippen LogP contribution in [0.1, 0.15) is 39.2 Å². The number of imide groups is 1. The summed E-state index contributed by atoms with van der Waals surface area (Å²) < 4.78 is 35.9. The highest BCUT2D eigenvalue weighted by molar-refractivity contribution is 14.1. The number of carbonyl (C=O) groups is 2. The van der Waals surface area contributed by atoms with E-state index >= 15 is 0 Å². The number of halogens is 1. The molecule has 0 saturated heterocycles. The lowest BCUT2D eigenvalue weighted by atomic mass is 10.1. The van der Waals surface area contributed by atoms with Gasteiger partial charge in [-0.25, -0.2) is 8.42 Å². The van der Waals surface area contributed by atoms with E-state index in [9.17, 15) is 18.0 Å². The monoisotopic (exact) mass is 529 g/mol. The zero-order valence-corrected chi connectivity index (χ0v) is 19.1. The fourth-order valence-electron chi connectivity index (χ4n) is 3.29. The summed E-state index contributed by atoms with van der Waals surface area (Å²) in [6.45, 7) is 2.19. The summed E-state index contributed by atoms with van der Waals surface area (Å²) >= 11 is 2.06. The van der Waals surface area contributed by atoms with Gasteiger partial charge >= 0.3 is 0 Å². The third kappa shape index (κ3) is 4.40. The average Bonchev–Trinajstić information content (AvgIpc) is 2.89. The van der Waals surface area contributed by atoms with Gasteiger partial charge in [0.25, 0.3) is 11.8 Å². The van der Waals surface area contributed by atoms with Crippen molar-refractivity contribution in [1.29, 1.82) is 0 Å². The number of nitrogens with zero attached hydrogens (tertiary/aromatic N) is 1. The van der Waals surface area contributed by atoms with Crippen LogP contribution in [0, 0.1) is 3.57 Å². The summed E-state index contributed by atoms with van der Waals surface area (Å²) in [6.07, 6.45) is 1.08. The minimum Gasteiger partial charge on any atom is -0.493 e. The first kappa shape index (κ1) is 21.6. The summed E-state index contributed by atoms with van der Waals surface area (Å²) in [6, 6.07) is 8.87. The van der Waals surface area contributed by atoms with Crippen molar-refractivity contribution < 1.29 is 27.5 Å². The molecule has 0 aliphatic carbocycles. The first-order valence-electron chi connectivity index (χ1n) is 8.82. The molecule has 0 spiro atoms. The first-order chi connectivity index (χ1) is 13.7. The molecule has 2 aromatic carbocycles. The lowest BCUT2D eigenvalue weighted by molar-refractivity contribution is 0.0597. The summed E-state index contributed by atoms with van der Waals surface area (Å²) in [5.74, 6) is -0.523. The largest absolute Gasteiger partial charge is 0.493 e. The van der Waals surface area contributed by atoms with E-state index < -0.39 is 33.4 Å². The molecule has 2 aromatic rings. The quantitative estimate of drug-likeness (QED) is 0.405. The number of fused-ring (bicyclic) bond motifs is 1. The lowest BCUT2D eigenvalue weighted by Gasteiger charge is -2.26. The van der Waals surface area contributed by atoms with Crippen molar-refractivity contribution in [3.8, 4) is 11.5 Å². The van der Waals surface area contributed by atoms with Crippen LogP contribution in [0.15, 0.2) is 36.4 Å². The number of ether oxygens (including phenoxy) is 2. The maximum Gasteiger partial charge on any atom is 0.262 e. The fraction of sp³-hybridized carbons (Fsp3) is 0.300. The number of amides is 2. The van der Waals surface area contributed by atoms with Crippen molar-refractivity contribution in [1.82, 2.24) is 4.90 Å². The molecule has 1 heterocycles. The second kappa shape index (κ2) is 8.31. The molecule has 1 aliphatic heterocycles. The number of sulfone groups is 1. The second-order valence-electron chi connectivity index (χ2n) is 6.62. The van der Waals surface area contributed by atoms with Gasteiger partial charge in [-0.05, 0) is 65.4 Å². The molecule has 7 nitrogen and oxygen atoms in total. The Morgan fingerprint density at radius 1 is 1.03 bits per heavy atom. The average molecular weight is 529 g/mol. The third-order valence-corrected chi connectivity index (χ3v) is 6.12. The Kier molecular flexibility index (Phi) is 6.18. The van der Waals surface area contributed by atoms with Crippen LogP contribution in [0.25, 0.3) is 0 Å². The minimum atomic E-state index is -3.51. The normalized spacial score (nSPS) is 14.7. The molecule has 1 unspecified atom stereocenters. The van der Waals surface area contributed by atoms with Crippen molar-refractivity contribution >= 4 is 44.2 Å². The van der Waals surface area contributed by atoms with Gasteiger partial charge in [0.1, 0.15) is 9.84 Å². The van der Waals surface area contributed by atoms with Crippen molar-refractivity contribution in [3.05, 3.63) is 56.7 Å². The van der Waals surface area contributed by atoms with Crippen LogP contribution >= 0.6 is 22.6 Å². The SMILES string of the molecule is CCOc1cc(C(CS(C)(=O)=O)N2C(=O)c3ccc(I)cc3C2=O)ccc1OC. The van der Waals surface area contributed by atoms with Crippen LogP contribution in [0.4, 0.5) is 0 Å². The molecule has 29 heavy (non-hydrogen) atoms. The highest BCUT2D eigenvalue weighted by Gasteiger charge is 2.42. The molecule has 3 rings (SSSR count). The Morgan fingerprint density at radius 3 is 2.34 bits per heavy atom. The third-order valence-electron chi connectivity index (χ3n) is 4.52. The zero-order chi connectivity index (χ0) is 21.3. The minimum absolute atomic E-state index is 0.271. The molecule has 1 atom stereocenters. The smallest absolute Gasteiger partial charge is 0.262 e. The second-order valence-corrected chi connectivity index (χ2v) is 10.1. The van der Waals surface area contributed by atoms with E-state index in [1.165, 1.54) is 7.11 Å². The van der Waals surface area contributed by atoms with Crippen LogP contribution in [-0.2, 0) is 9.84 Å². The fourth-order valence-corrected chi connectivity index (χ4v) is 4.70. The Balaban J connectivity index is 2.11. The molecule has 0 N–H and O–H groups in total. The van der Waals surface area contributed by atoms with Crippen molar-refractivity contribution in [3.63, 3.8) is 0 Å². The van der Waals surface area contributed by atoms with E-state index in [4.69, 9.17) is 9.47 Å². The number of benzene rings is 2. The highest BCUT2D eigenvalue weighted by atomic mass is 127. The summed E-state index contributed by atoms with van der Waals surface area (Å²) in [5.41, 5.74) is 1.02. The van der Waals surface area contributed by atoms with Gasteiger partial charge in [-0.1, -0.05) is 6.07 Å². The number of carbonyl (C=O) groups excluding carboxylic acids is 2. The Morgan fingerprint density at radius 2 is 1.72 bits per heavy atom. The van der Waals surface area contributed by atoms with Crippen molar-refractivity contribution in [2.75, 3.05) is 25.7 Å². The van der Waals surface area contributed by atoms with Gasteiger partial charge in [0.05, 0.1) is 36.6 Å². The van der Waals surface area contributed by atoms with Crippen LogP contribution in [0.2, 0.25) is 0 Å². The summed E-state index contributed by atoms with van der Waals surface area (Å²) in [4.78, 5) is 27.1. The predicted octanol–water partition coefficient (Wildman–Crippen LogP) is 3.08. The number of hydrogen-bond donors (Lipinski definition) is 0. The number of hydrogen-bond acceptors (Lipinski definition) is 6. The van der Waals surface area contributed by atoms with E-state index in [0.717, 1.165) is 14.7 Å². The maximum atomic E-state index is 13.0. The van der Waals surface area contributed by atoms with Crippen LogP contribution in [0.3, 0.4) is 0 Å². The Bertz CT molecular complexity index is 1080. The zero-order valence-electron chi connectivity index (χ0n) is 16.1. The first-order valence-corrected chi connectivity index (χ1v) is 12.0. The lowest BCUT2D eigenvalue weighted by Crippen LogP contribution is -2.37. The maximum absolute atomic E-state index is 13.0. The van der Waals surface area contributed by atoms with Crippen LogP contribution in [0.5, 0.6) is 11.5 Å². The highest BCUT2D eigenvalue weighted by Crippen LogP contribution is 2.37. The van der Waals surface area contributed by atoms with Gasteiger partial charge in [-0.2, -0.15) is 0 Å². The molecular formula is C20H20INO6S. The van der Waals surface area contributed by atoms with Gasteiger partial charge in [0.15, 0.2) is 11.5 Å². The Hall–Kier alpha value is -2.14. The van der Waals surface area contributed by atoms with Crippen molar-refractivity contribution in [2.45, 2.75) is 13.0 Å². The summed E-state index contributed by atoms with van der Waals surface area (Å²) in [5, 5.41) is 0. The van der Waals surface area contributed by atoms with E-state index in [-0.39, 0.29) is 11.1 Å². The molecule has 0 saturated carbocycles. The molecule has 0 aromatic heterocycles. The van der Waals surface area contributed by atoms with Gasteiger partial charge in [0.2, 0.25) is 0 Å². The van der Waals surface area contributed by atoms with Crippen LogP contribution in [-0.4, -0.2) is 50.9 Å². The molecule has 0 radical (unpaired) electrons. The molecule has 9 heteroatoms. The topological polar surface area (TPSA) is 90.0 Å². The number of rotatable bonds is 7. The number of methoxy groups -OCH3 is 1.